The summed E-state index contributed by atoms with van der Waals surface area (Å²) in [5.41, 5.74) is 0.905. The molecule has 5 nitrogen and oxygen atoms in total. The van der Waals surface area contributed by atoms with Crippen LogP contribution in [0.25, 0.3) is 0 Å². The molecule has 0 radical (unpaired) electrons. The predicted octanol–water partition coefficient (Wildman–Crippen LogP) is 3.73. The van der Waals surface area contributed by atoms with Gasteiger partial charge >= 0.3 is 0 Å². The van der Waals surface area contributed by atoms with Crippen LogP contribution in [0, 0.1) is 0 Å². The van der Waals surface area contributed by atoms with E-state index in [0.29, 0.717) is 5.56 Å². The topological polar surface area (TPSA) is 67.8 Å². The molecule has 0 spiro atoms. The van der Waals surface area contributed by atoms with E-state index in [1.165, 1.54) is 18.3 Å². The van der Waals surface area contributed by atoms with E-state index in [2.05, 4.69) is 20.3 Å². The van der Waals surface area contributed by atoms with Crippen molar-refractivity contribution in [3.05, 3.63) is 46.0 Å². The van der Waals surface area contributed by atoms with Crippen molar-refractivity contribution >= 4 is 35.1 Å². The Morgan fingerprint density at radius 2 is 1.86 bits per heavy atom. The third-order valence-electron chi connectivity index (χ3n) is 2.67. The summed E-state index contributed by atoms with van der Waals surface area (Å²) in [5, 5.41) is 3.09. The van der Waals surface area contributed by atoms with E-state index in [-0.39, 0.29) is 27.6 Å². The van der Waals surface area contributed by atoms with Gasteiger partial charge in [-0.3, -0.25) is 10.1 Å². The van der Waals surface area contributed by atoms with Crippen molar-refractivity contribution in [1.82, 2.24) is 15.0 Å². The summed E-state index contributed by atoms with van der Waals surface area (Å²) in [6.07, 6.45) is 1.46. The van der Waals surface area contributed by atoms with Crippen LogP contribution in [0.4, 0.5) is 5.95 Å². The van der Waals surface area contributed by atoms with Crippen molar-refractivity contribution in [3.63, 3.8) is 0 Å². The number of nitrogens with zero attached hydrogens (tertiary/aromatic N) is 3. The van der Waals surface area contributed by atoms with Gasteiger partial charge in [0.2, 0.25) is 5.95 Å². The van der Waals surface area contributed by atoms with Gasteiger partial charge in [0.25, 0.3) is 5.91 Å². The van der Waals surface area contributed by atoms with E-state index in [1.807, 2.05) is 20.8 Å². The number of nitrogens with one attached hydrogen (secondary N) is 1. The van der Waals surface area contributed by atoms with E-state index in [0.717, 1.165) is 5.69 Å². The molecule has 0 saturated carbocycles. The molecule has 0 aromatic carbocycles. The minimum absolute atomic E-state index is 0.137. The van der Waals surface area contributed by atoms with Crippen LogP contribution in [0.2, 0.25) is 10.3 Å². The van der Waals surface area contributed by atoms with E-state index >= 15 is 0 Å². The van der Waals surface area contributed by atoms with Gasteiger partial charge in [0.1, 0.15) is 10.3 Å². The van der Waals surface area contributed by atoms with Gasteiger partial charge in [-0.25, -0.2) is 15.0 Å². The highest BCUT2D eigenvalue weighted by molar-refractivity contribution is 6.30. The fraction of sp³-hybridized carbons (Fsp3) is 0.286. The van der Waals surface area contributed by atoms with Crippen molar-refractivity contribution in [2.75, 3.05) is 5.32 Å². The van der Waals surface area contributed by atoms with Gasteiger partial charge in [0.15, 0.2) is 0 Å². The van der Waals surface area contributed by atoms with Crippen LogP contribution in [0.5, 0.6) is 0 Å². The van der Waals surface area contributed by atoms with Gasteiger partial charge in [-0.05, 0) is 18.2 Å². The van der Waals surface area contributed by atoms with Crippen molar-refractivity contribution in [3.8, 4) is 0 Å². The lowest BCUT2D eigenvalue weighted by Crippen LogP contribution is -2.18. The molecule has 0 atom stereocenters. The number of anilines is 1. The third kappa shape index (κ3) is 4.12. The SMILES string of the molecule is CC(C)(C)c1cc(C(=O)Nc2nccc(Cl)n2)cc(Cl)n1. The van der Waals surface area contributed by atoms with Crippen LogP contribution >= 0.6 is 23.2 Å². The molecule has 7 heteroatoms. The fourth-order valence-electron chi connectivity index (χ4n) is 1.58. The number of carbonyl (C=O) groups excluding carboxylic acids is 1. The number of aromatic nitrogens is 3. The van der Waals surface area contributed by atoms with Crippen molar-refractivity contribution < 1.29 is 4.79 Å². The highest BCUT2D eigenvalue weighted by Gasteiger charge is 2.19. The third-order valence-corrected chi connectivity index (χ3v) is 3.08. The summed E-state index contributed by atoms with van der Waals surface area (Å²) in [7, 11) is 0. The van der Waals surface area contributed by atoms with Crippen molar-refractivity contribution in [2.24, 2.45) is 0 Å². The molecule has 21 heavy (non-hydrogen) atoms. The first-order chi connectivity index (χ1) is 9.75. The molecule has 0 fully saturated rings. The predicted molar refractivity (Wildman–Crippen MR) is 82.9 cm³/mol. The van der Waals surface area contributed by atoms with Crippen molar-refractivity contribution in [1.29, 1.82) is 0 Å². The number of halogens is 2. The van der Waals surface area contributed by atoms with Gasteiger partial charge in [-0.2, -0.15) is 0 Å². The summed E-state index contributed by atoms with van der Waals surface area (Å²) in [6.45, 7) is 5.98. The smallest absolute Gasteiger partial charge is 0.258 e. The Balaban J connectivity index is 2.29. The zero-order valence-corrected chi connectivity index (χ0v) is 13.3. The lowest BCUT2D eigenvalue weighted by atomic mass is 9.91. The fourth-order valence-corrected chi connectivity index (χ4v) is 1.93. The standard InChI is InChI=1S/C14H14Cl2N4O/c1-14(2,3)9-6-8(7-11(16)18-9)12(21)20-13-17-5-4-10(15)19-13/h4-7H,1-3H3,(H,17,19,20,21). The van der Waals surface area contributed by atoms with Gasteiger partial charge in [-0.1, -0.05) is 44.0 Å². The maximum Gasteiger partial charge on any atom is 0.258 e. The number of carbonyl (C=O) groups is 1. The molecule has 0 aliphatic heterocycles. The molecule has 2 aromatic rings. The minimum atomic E-state index is -0.368. The Morgan fingerprint density at radius 1 is 1.14 bits per heavy atom. The normalized spacial score (nSPS) is 11.3. The van der Waals surface area contributed by atoms with Crippen LogP contribution in [-0.4, -0.2) is 20.9 Å². The molecule has 0 unspecified atom stereocenters. The Bertz CT molecular complexity index is 683. The maximum absolute atomic E-state index is 12.2. The molecule has 110 valence electrons. The van der Waals surface area contributed by atoms with E-state index in [4.69, 9.17) is 23.2 Å². The average molecular weight is 325 g/mol. The van der Waals surface area contributed by atoms with Gasteiger partial charge in [-0.15, -0.1) is 0 Å². The van der Waals surface area contributed by atoms with E-state index in [9.17, 15) is 4.79 Å². The van der Waals surface area contributed by atoms with Crippen LogP contribution in [0.3, 0.4) is 0 Å². The highest BCUT2D eigenvalue weighted by atomic mass is 35.5. The number of hydrogen-bond donors (Lipinski definition) is 1. The van der Waals surface area contributed by atoms with Gasteiger partial charge in [0, 0.05) is 22.9 Å². The second kappa shape index (κ2) is 5.95. The first-order valence-corrected chi connectivity index (χ1v) is 6.99. The zero-order chi connectivity index (χ0) is 15.6. The number of amides is 1. The Hall–Kier alpha value is -1.72. The lowest BCUT2D eigenvalue weighted by Gasteiger charge is -2.18. The minimum Gasteiger partial charge on any atom is -0.290 e. The monoisotopic (exact) mass is 324 g/mol. The number of pyridine rings is 1. The van der Waals surface area contributed by atoms with Gasteiger partial charge in [0.05, 0.1) is 0 Å². The summed E-state index contributed by atoms with van der Waals surface area (Å²) >= 11 is 11.7. The Morgan fingerprint density at radius 3 is 2.48 bits per heavy atom. The molecule has 0 aliphatic carbocycles. The maximum atomic E-state index is 12.2. The summed E-state index contributed by atoms with van der Waals surface area (Å²) in [4.78, 5) is 24.3. The lowest BCUT2D eigenvalue weighted by molar-refractivity contribution is 0.102. The molecule has 1 N–H and O–H groups in total. The molecule has 2 heterocycles. The van der Waals surface area contributed by atoms with Gasteiger partial charge < -0.3 is 0 Å². The first-order valence-electron chi connectivity index (χ1n) is 6.24. The average Bonchev–Trinajstić information content (AvgIpc) is 2.37. The Kier molecular flexibility index (Phi) is 4.44. The second-order valence-electron chi connectivity index (χ2n) is 5.47. The number of hydrogen-bond acceptors (Lipinski definition) is 4. The molecule has 1 amide bonds. The van der Waals surface area contributed by atoms with Crippen LogP contribution < -0.4 is 5.32 Å². The largest absolute Gasteiger partial charge is 0.290 e. The molecule has 0 bridgehead atoms. The molecular weight excluding hydrogens is 311 g/mol. The summed E-state index contributed by atoms with van der Waals surface area (Å²) < 4.78 is 0. The summed E-state index contributed by atoms with van der Waals surface area (Å²) in [6, 6.07) is 4.72. The zero-order valence-electron chi connectivity index (χ0n) is 11.8. The molecule has 0 saturated heterocycles. The quantitative estimate of drug-likeness (QED) is 0.675. The molecule has 0 aliphatic rings. The van der Waals surface area contributed by atoms with Crippen LogP contribution in [-0.2, 0) is 5.41 Å². The van der Waals surface area contributed by atoms with Crippen LogP contribution in [0.15, 0.2) is 24.4 Å². The van der Waals surface area contributed by atoms with Crippen LogP contribution in [0.1, 0.15) is 36.8 Å². The van der Waals surface area contributed by atoms with E-state index < -0.39 is 0 Å². The molecule has 2 rings (SSSR count). The second-order valence-corrected chi connectivity index (χ2v) is 6.25. The number of rotatable bonds is 2. The first kappa shape index (κ1) is 15.7. The Labute approximate surface area is 132 Å². The van der Waals surface area contributed by atoms with Crippen molar-refractivity contribution in [2.45, 2.75) is 26.2 Å². The highest BCUT2D eigenvalue weighted by Crippen LogP contribution is 2.23. The van der Waals surface area contributed by atoms with E-state index in [1.54, 1.807) is 6.07 Å². The molecular formula is C14H14Cl2N4O. The molecule has 2 aromatic heterocycles. The summed E-state index contributed by atoms with van der Waals surface area (Å²) in [5.74, 6) is -0.232.